The molecule has 1 unspecified atom stereocenters. The SMILES string of the molecule is CC1c2c(nn(C)c2N)CN1C1CC1. The highest BCUT2D eigenvalue weighted by molar-refractivity contribution is 5.48. The summed E-state index contributed by atoms with van der Waals surface area (Å²) >= 11 is 0. The molecular weight excluding hydrogens is 176 g/mol. The van der Waals surface area contributed by atoms with Crippen molar-refractivity contribution in [1.29, 1.82) is 0 Å². The first-order valence-corrected chi connectivity index (χ1v) is 5.25. The lowest BCUT2D eigenvalue weighted by Gasteiger charge is -2.21. The van der Waals surface area contributed by atoms with Crippen LogP contribution in [0.1, 0.15) is 37.1 Å². The second kappa shape index (κ2) is 2.51. The van der Waals surface area contributed by atoms with Crippen LogP contribution in [0, 0.1) is 0 Å². The fourth-order valence-corrected chi connectivity index (χ4v) is 2.51. The zero-order chi connectivity index (χ0) is 9.87. The van der Waals surface area contributed by atoms with Gasteiger partial charge in [0.25, 0.3) is 0 Å². The topological polar surface area (TPSA) is 47.1 Å². The van der Waals surface area contributed by atoms with E-state index < -0.39 is 0 Å². The predicted molar refractivity (Wildman–Crippen MR) is 54.6 cm³/mol. The molecule has 2 heterocycles. The molecule has 4 nitrogen and oxygen atoms in total. The number of rotatable bonds is 1. The lowest BCUT2D eigenvalue weighted by molar-refractivity contribution is 0.215. The molecule has 2 aliphatic rings. The Labute approximate surface area is 83.7 Å². The van der Waals surface area contributed by atoms with Gasteiger partial charge in [-0.15, -0.1) is 0 Å². The molecule has 1 saturated carbocycles. The van der Waals surface area contributed by atoms with Crippen molar-refractivity contribution in [3.63, 3.8) is 0 Å². The van der Waals surface area contributed by atoms with Crippen LogP contribution in [0.5, 0.6) is 0 Å². The third-order valence-corrected chi connectivity index (χ3v) is 3.47. The summed E-state index contributed by atoms with van der Waals surface area (Å²) in [6, 6.07) is 1.26. The van der Waals surface area contributed by atoms with E-state index in [0.717, 1.165) is 18.4 Å². The van der Waals surface area contributed by atoms with Crippen LogP contribution >= 0.6 is 0 Å². The van der Waals surface area contributed by atoms with Gasteiger partial charge in [0.15, 0.2) is 0 Å². The minimum absolute atomic E-state index is 0.464. The Morgan fingerprint density at radius 3 is 2.71 bits per heavy atom. The van der Waals surface area contributed by atoms with Gasteiger partial charge in [0.05, 0.1) is 5.69 Å². The first-order chi connectivity index (χ1) is 6.68. The summed E-state index contributed by atoms with van der Waals surface area (Å²) in [6.45, 7) is 3.23. The summed E-state index contributed by atoms with van der Waals surface area (Å²) in [6.07, 6.45) is 2.70. The molecule has 76 valence electrons. The fourth-order valence-electron chi connectivity index (χ4n) is 2.51. The summed E-state index contributed by atoms with van der Waals surface area (Å²) < 4.78 is 1.80. The molecule has 0 aromatic carbocycles. The lowest BCUT2D eigenvalue weighted by atomic mass is 10.1. The van der Waals surface area contributed by atoms with Crippen molar-refractivity contribution < 1.29 is 0 Å². The van der Waals surface area contributed by atoms with E-state index in [1.807, 2.05) is 7.05 Å². The molecule has 14 heavy (non-hydrogen) atoms. The first-order valence-electron chi connectivity index (χ1n) is 5.25. The molecule has 1 aromatic rings. The van der Waals surface area contributed by atoms with E-state index in [9.17, 15) is 0 Å². The number of nitrogen functional groups attached to an aromatic ring is 1. The number of aryl methyl sites for hydroxylation is 1. The van der Waals surface area contributed by atoms with Crippen LogP contribution < -0.4 is 5.73 Å². The van der Waals surface area contributed by atoms with Gasteiger partial charge in [-0.25, -0.2) is 0 Å². The van der Waals surface area contributed by atoms with Gasteiger partial charge in [-0.05, 0) is 19.8 Å². The van der Waals surface area contributed by atoms with Crippen LogP contribution in [0.3, 0.4) is 0 Å². The number of hydrogen-bond donors (Lipinski definition) is 1. The molecule has 0 radical (unpaired) electrons. The van der Waals surface area contributed by atoms with Crippen LogP contribution in [0.2, 0.25) is 0 Å². The predicted octanol–water partition coefficient (Wildman–Crippen LogP) is 1.04. The maximum atomic E-state index is 6.00. The Morgan fingerprint density at radius 2 is 2.14 bits per heavy atom. The average molecular weight is 192 g/mol. The van der Waals surface area contributed by atoms with Gasteiger partial charge in [-0.3, -0.25) is 9.58 Å². The van der Waals surface area contributed by atoms with E-state index in [0.29, 0.717) is 6.04 Å². The van der Waals surface area contributed by atoms with Crippen LogP contribution in [-0.4, -0.2) is 20.7 Å². The Bertz CT molecular complexity index is 378. The van der Waals surface area contributed by atoms with Gasteiger partial charge in [0.2, 0.25) is 0 Å². The molecule has 1 aliphatic carbocycles. The van der Waals surface area contributed by atoms with Gasteiger partial charge in [0, 0.05) is 31.2 Å². The summed E-state index contributed by atoms with van der Waals surface area (Å²) in [5.74, 6) is 0.843. The monoisotopic (exact) mass is 192 g/mol. The van der Waals surface area contributed by atoms with Crippen molar-refractivity contribution >= 4 is 5.82 Å². The van der Waals surface area contributed by atoms with Crippen molar-refractivity contribution in [2.45, 2.75) is 38.4 Å². The van der Waals surface area contributed by atoms with E-state index in [-0.39, 0.29) is 0 Å². The third-order valence-electron chi connectivity index (χ3n) is 3.47. The molecule has 0 spiro atoms. The molecular formula is C10H16N4. The summed E-state index contributed by atoms with van der Waals surface area (Å²) in [4.78, 5) is 2.52. The zero-order valence-corrected chi connectivity index (χ0v) is 8.70. The lowest BCUT2D eigenvalue weighted by Crippen LogP contribution is -2.23. The van der Waals surface area contributed by atoms with E-state index in [1.165, 1.54) is 24.1 Å². The smallest absolute Gasteiger partial charge is 0.126 e. The van der Waals surface area contributed by atoms with E-state index in [1.54, 1.807) is 4.68 Å². The van der Waals surface area contributed by atoms with Crippen LogP contribution in [0.15, 0.2) is 0 Å². The number of hydrogen-bond acceptors (Lipinski definition) is 3. The van der Waals surface area contributed by atoms with Crippen LogP contribution in [-0.2, 0) is 13.6 Å². The van der Waals surface area contributed by atoms with E-state index >= 15 is 0 Å². The number of nitrogens with two attached hydrogens (primary N) is 1. The number of anilines is 1. The van der Waals surface area contributed by atoms with Crippen molar-refractivity contribution in [1.82, 2.24) is 14.7 Å². The molecule has 1 aromatic heterocycles. The molecule has 4 heteroatoms. The van der Waals surface area contributed by atoms with Crippen LogP contribution in [0.25, 0.3) is 0 Å². The van der Waals surface area contributed by atoms with Crippen molar-refractivity contribution in [2.75, 3.05) is 5.73 Å². The van der Waals surface area contributed by atoms with Crippen molar-refractivity contribution in [3.8, 4) is 0 Å². The molecule has 0 saturated heterocycles. The highest BCUT2D eigenvalue weighted by Gasteiger charge is 2.40. The fraction of sp³-hybridized carbons (Fsp3) is 0.700. The second-order valence-electron chi connectivity index (χ2n) is 4.45. The van der Waals surface area contributed by atoms with Gasteiger partial charge < -0.3 is 5.73 Å². The Morgan fingerprint density at radius 1 is 1.43 bits per heavy atom. The van der Waals surface area contributed by atoms with Gasteiger partial charge in [-0.2, -0.15) is 5.10 Å². The highest BCUT2D eigenvalue weighted by atomic mass is 15.3. The maximum absolute atomic E-state index is 6.00. The van der Waals surface area contributed by atoms with Crippen molar-refractivity contribution in [2.24, 2.45) is 7.05 Å². The molecule has 1 fully saturated rings. The van der Waals surface area contributed by atoms with Crippen molar-refractivity contribution in [3.05, 3.63) is 11.3 Å². The molecule has 2 N–H and O–H groups in total. The number of aromatic nitrogens is 2. The Balaban J connectivity index is 1.99. The van der Waals surface area contributed by atoms with Crippen LogP contribution in [0.4, 0.5) is 5.82 Å². The minimum atomic E-state index is 0.464. The standard InChI is InChI=1S/C10H16N4/c1-6-9-8(12-13(2)10(9)11)5-14(6)7-3-4-7/h6-7H,3-5,11H2,1-2H3. The number of fused-ring (bicyclic) bond motifs is 1. The normalized spacial score (nSPS) is 26.9. The molecule has 1 atom stereocenters. The molecule has 3 rings (SSSR count). The van der Waals surface area contributed by atoms with E-state index in [4.69, 9.17) is 5.73 Å². The highest BCUT2D eigenvalue weighted by Crippen LogP contribution is 2.43. The third kappa shape index (κ3) is 0.945. The summed E-state index contributed by atoms with van der Waals surface area (Å²) in [5.41, 5.74) is 8.45. The molecule has 0 bridgehead atoms. The average Bonchev–Trinajstić information content (AvgIpc) is 2.87. The zero-order valence-electron chi connectivity index (χ0n) is 8.70. The summed E-state index contributed by atoms with van der Waals surface area (Å²) in [7, 11) is 1.92. The van der Waals surface area contributed by atoms with E-state index in [2.05, 4.69) is 16.9 Å². The largest absolute Gasteiger partial charge is 0.384 e. The molecule has 1 aliphatic heterocycles. The minimum Gasteiger partial charge on any atom is -0.384 e. The Kier molecular flexibility index (Phi) is 1.49. The second-order valence-corrected chi connectivity index (χ2v) is 4.45. The molecule has 0 amide bonds. The maximum Gasteiger partial charge on any atom is 0.126 e. The van der Waals surface area contributed by atoms with Gasteiger partial charge >= 0.3 is 0 Å². The quantitative estimate of drug-likeness (QED) is 0.723. The van der Waals surface area contributed by atoms with Gasteiger partial charge in [0.1, 0.15) is 5.82 Å². The van der Waals surface area contributed by atoms with Gasteiger partial charge in [-0.1, -0.05) is 0 Å². The number of nitrogens with zero attached hydrogens (tertiary/aromatic N) is 3. The summed E-state index contributed by atoms with van der Waals surface area (Å²) in [5, 5.41) is 4.45. The first kappa shape index (κ1) is 8.29. The Hall–Kier alpha value is -1.03.